The summed E-state index contributed by atoms with van der Waals surface area (Å²) in [5, 5.41) is 14.4. The van der Waals surface area contributed by atoms with Gasteiger partial charge in [-0.25, -0.2) is 9.59 Å². The molecule has 2 rings (SSSR count). The molecule has 0 aliphatic carbocycles. The van der Waals surface area contributed by atoms with E-state index in [1.165, 1.54) is 0 Å². The summed E-state index contributed by atoms with van der Waals surface area (Å²) in [6, 6.07) is 12.1. The van der Waals surface area contributed by atoms with Crippen LogP contribution in [0.5, 0.6) is 11.5 Å². The van der Waals surface area contributed by atoms with Gasteiger partial charge in [0.2, 0.25) is 0 Å². The minimum Gasteiger partial charge on any atom is -0.490 e. The van der Waals surface area contributed by atoms with Crippen molar-refractivity contribution in [3.05, 3.63) is 54.1 Å². The first-order valence-corrected chi connectivity index (χ1v) is 9.34. The fourth-order valence-corrected chi connectivity index (χ4v) is 2.44. The summed E-state index contributed by atoms with van der Waals surface area (Å²) in [5.41, 5.74) is 0.713. The van der Waals surface area contributed by atoms with E-state index in [0.717, 1.165) is 0 Å². The Morgan fingerprint density at radius 2 is 1.63 bits per heavy atom. The minimum atomic E-state index is -1.52. The number of anilines is 1. The van der Waals surface area contributed by atoms with Gasteiger partial charge in [-0.1, -0.05) is 30.3 Å². The van der Waals surface area contributed by atoms with Crippen LogP contribution < -0.4 is 20.1 Å². The van der Waals surface area contributed by atoms with Crippen molar-refractivity contribution in [2.24, 2.45) is 0 Å². The molecule has 0 aromatic heterocycles. The molecule has 0 saturated heterocycles. The lowest BCUT2D eigenvalue weighted by Gasteiger charge is -2.13. The lowest BCUT2D eigenvalue weighted by atomic mass is 10.1. The van der Waals surface area contributed by atoms with E-state index in [-0.39, 0.29) is 0 Å². The highest BCUT2D eigenvalue weighted by atomic mass is 16.6. The minimum absolute atomic E-state index is 0.334. The molecule has 2 aromatic carbocycles. The molecule has 0 heterocycles. The molecule has 30 heavy (non-hydrogen) atoms. The van der Waals surface area contributed by atoms with Crippen LogP contribution in [0, 0.1) is 0 Å². The highest BCUT2D eigenvalue weighted by molar-refractivity contribution is 6.02. The number of nitrogens with one attached hydrogen (secondary N) is 2. The van der Waals surface area contributed by atoms with Crippen molar-refractivity contribution < 1.29 is 33.7 Å². The topological polar surface area (TPSA) is 123 Å². The third-order valence-corrected chi connectivity index (χ3v) is 3.74. The molecule has 0 spiro atoms. The number of aliphatic hydroxyl groups is 1. The lowest BCUT2D eigenvalue weighted by molar-refractivity contribution is -0.157. The molecule has 160 valence electrons. The zero-order valence-electron chi connectivity index (χ0n) is 16.7. The van der Waals surface area contributed by atoms with Crippen LogP contribution in [0.3, 0.4) is 0 Å². The number of ether oxygens (including phenoxy) is 3. The second-order valence-corrected chi connectivity index (χ2v) is 5.95. The van der Waals surface area contributed by atoms with Gasteiger partial charge in [-0.2, -0.15) is 0 Å². The molecule has 0 bridgehead atoms. The number of benzene rings is 2. The molecule has 0 unspecified atom stereocenters. The molecule has 3 amide bonds. The predicted molar refractivity (Wildman–Crippen MR) is 108 cm³/mol. The van der Waals surface area contributed by atoms with E-state index in [2.05, 4.69) is 5.32 Å². The van der Waals surface area contributed by atoms with Gasteiger partial charge in [-0.05, 0) is 31.5 Å². The summed E-state index contributed by atoms with van der Waals surface area (Å²) in [6.07, 6.45) is -1.52. The maximum absolute atomic E-state index is 12.0. The van der Waals surface area contributed by atoms with Gasteiger partial charge in [-0.15, -0.1) is 0 Å². The molecule has 3 N–H and O–H groups in total. The van der Waals surface area contributed by atoms with Crippen LogP contribution in [0.4, 0.5) is 10.5 Å². The van der Waals surface area contributed by atoms with E-state index in [0.29, 0.717) is 36.0 Å². The summed E-state index contributed by atoms with van der Waals surface area (Å²) in [4.78, 5) is 35.7. The van der Waals surface area contributed by atoms with Crippen molar-refractivity contribution in [2.45, 2.75) is 20.0 Å². The maximum Gasteiger partial charge on any atom is 0.340 e. The number of amides is 3. The molecule has 9 nitrogen and oxygen atoms in total. The van der Waals surface area contributed by atoms with E-state index in [4.69, 9.17) is 14.2 Å². The zero-order chi connectivity index (χ0) is 21.9. The lowest BCUT2D eigenvalue weighted by Crippen LogP contribution is -2.37. The van der Waals surface area contributed by atoms with Gasteiger partial charge in [-0.3, -0.25) is 10.1 Å². The monoisotopic (exact) mass is 416 g/mol. The summed E-state index contributed by atoms with van der Waals surface area (Å²) in [7, 11) is 0. The molecule has 0 aliphatic rings. The predicted octanol–water partition coefficient (Wildman–Crippen LogP) is 2.41. The molecule has 0 fully saturated rings. The highest BCUT2D eigenvalue weighted by Crippen LogP contribution is 2.30. The first-order valence-electron chi connectivity index (χ1n) is 9.34. The van der Waals surface area contributed by atoms with Crippen molar-refractivity contribution in [1.82, 2.24) is 5.32 Å². The number of aliphatic hydroxyl groups excluding tert-OH is 1. The van der Waals surface area contributed by atoms with Gasteiger partial charge in [0.05, 0.1) is 13.2 Å². The number of esters is 1. The number of carbonyl (C=O) groups excluding carboxylic acids is 3. The van der Waals surface area contributed by atoms with Gasteiger partial charge < -0.3 is 24.6 Å². The Kier molecular flexibility index (Phi) is 8.64. The second kappa shape index (κ2) is 11.4. The molecule has 1 atom stereocenters. The molecule has 0 aliphatic heterocycles. The number of hydrogen-bond acceptors (Lipinski definition) is 7. The number of rotatable bonds is 9. The molecule has 9 heteroatoms. The number of imide groups is 1. The summed E-state index contributed by atoms with van der Waals surface area (Å²) in [5.74, 6) is -0.862. The van der Waals surface area contributed by atoms with Crippen molar-refractivity contribution in [3.63, 3.8) is 0 Å². The molecule has 0 saturated carbocycles. The van der Waals surface area contributed by atoms with Gasteiger partial charge in [0, 0.05) is 11.8 Å². The molecule has 0 radical (unpaired) electrons. The van der Waals surface area contributed by atoms with Crippen LogP contribution in [0.25, 0.3) is 0 Å². The van der Waals surface area contributed by atoms with E-state index in [1.807, 2.05) is 19.2 Å². The zero-order valence-corrected chi connectivity index (χ0v) is 16.7. The summed E-state index contributed by atoms with van der Waals surface area (Å²) >= 11 is 0. The van der Waals surface area contributed by atoms with E-state index in [9.17, 15) is 19.5 Å². The van der Waals surface area contributed by atoms with Crippen molar-refractivity contribution in [2.75, 3.05) is 25.1 Å². The summed E-state index contributed by atoms with van der Waals surface area (Å²) < 4.78 is 15.7. The first kappa shape index (κ1) is 22.7. The Morgan fingerprint density at radius 1 is 0.967 bits per heavy atom. The first-order chi connectivity index (χ1) is 14.4. The van der Waals surface area contributed by atoms with Crippen LogP contribution in [0.1, 0.15) is 25.5 Å². The maximum atomic E-state index is 12.0. The van der Waals surface area contributed by atoms with Crippen LogP contribution in [-0.2, 0) is 14.3 Å². The third kappa shape index (κ3) is 6.78. The largest absolute Gasteiger partial charge is 0.490 e. The van der Waals surface area contributed by atoms with Crippen LogP contribution in [-0.4, -0.2) is 42.8 Å². The van der Waals surface area contributed by atoms with Gasteiger partial charge in [0.15, 0.2) is 24.2 Å². The summed E-state index contributed by atoms with van der Waals surface area (Å²) in [6.45, 7) is 3.81. The van der Waals surface area contributed by atoms with Gasteiger partial charge in [0.1, 0.15) is 0 Å². The standard InChI is InChI=1S/C21H24N2O7/c1-3-28-16-11-10-15(12-17(16)29-4-2)22-21(27)23-18(24)13-30-20(26)19(25)14-8-6-5-7-9-14/h5-12,19,25H,3-4,13H2,1-2H3,(H2,22,23,24,27)/t19-/m1/s1. The average Bonchev–Trinajstić information content (AvgIpc) is 2.74. The number of hydrogen-bond donors (Lipinski definition) is 3. The highest BCUT2D eigenvalue weighted by Gasteiger charge is 2.20. The van der Waals surface area contributed by atoms with Crippen LogP contribution in [0.2, 0.25) is 0 Å². The smallest absolute Gasteiger partial charge is 0.340 e. The molecular weight excluding hydrogens is 392 g/mol. The van der Waals surface area contributed by atoms with E-state index >= 15 is 0 Å². The molecule has 2 aromatic rings. The second-order valence-electron chi connectivity index (χ2n) is 5.95. The number of urea groups is 1. The van der Waals surface area contributed by atoms with Gasteiger partial charge in [0.25, 0.3) is 5.91 Å². The normalized spacial score (nSPS) is 11.2. The van der Waals surface area contributed by atoms with Crippen LogP contribution in [0.15, 0.2) is 48.5 Å². The Bertz CT molecular complexity index is 871. The van der Waals surface area contributed by atoms with Gasteiger partial charge >= 0.3 is 12.0 Å². The Balaban J connectivity index is 1.85. The fraction of sp³-hybridized carbons (Fsp3) is 0.286. The van der Waals surface area contributed by atoms with E-state index < -0.39 is 30.6 Å². The Hall–Kier alpha value is -3.59. The number of carbonyl (C=O) groups is 3. The Morgan fingerprint density at radius 3 is 2.30 bits per heavy atom. The molecular formula is C21H24N2O7. The quantitative estimate of drug-likeness (QED) is 0.536. The van der Waals surface area contributed by atoms with Crippen LogP contribution >= 0.6 is 0 Å². The SMILES string of the molecule is CCOc1ccc(NC(=O)NC(=O)COC(=O)[C@H](O)c2ccccc2)cc1OCC. The third-order valence-electron chi connectivity index (χ3n) is 3.74. The fourth-order valence-electron chi connectivity index (χ4n) is 2.44. The average molecular weight is 416 g/mol. The van der Waals surface area contributed by atoms with Crippen molar-refractivity contribution in [3.8, 4) is 11.5 Å². The van der Waals surface area contributed by atoms with E-state index in [1.54, 1.807) is 48.5 Å². The Labute approximate surface area is 173 Å². The van der Waals surface area contributed by atoms with Crippen molar-refractivity contribution >= 4 is 23.6 Å². The van der Waals surface area contributed by atoms with Crippen molar-refractivity contribution in [1.29, 1.82) is 0 Å².